The van der Waals surface area contributed by atoms with Gasteiger partial charge in [-0.05, 0) is 30.4 Å². The van der Waals surface area contributed by atoms with Crippen molar-refractivity contribution in [2.24, 2.45) is 0 Å². The molecule has 0 aliphatic carbocycles. The number of ketones is 1. The Labute approximate surface area is 116 Å². The van der Waals surface area contributed by atoms with E-state index in [-0.39, 0.29) is 22.8 Å². The van der Waals surface area contributed by atoms with Crippen molar-refractivity contribution >= 4 is 11.9 Å². The van der Waals surface area contributed by atoms with Gasteiger partial charge in [0.25, 0.3) is 0 Å². The molecule has 0 saturated carbocycles. The van der Waals surface area contributed by atoms with E-state index in [2.05, 4.69) is 0 Å². The lowest BCUT2D eigenvalue weighted by Crippen LogP contribution is -1.94. The molecule has 0 heterocycles. The highest BCUT2D eigenvalue weighted by atomic mass is 16.5. The highest BCUT2D eigenvalue weighted by Gasteiger charge is 2.08. The van der Waals surface area contributed by atoms with E-state index in [1.165, 1.54) is 31.4 Å². The van der Waals surface area contributed by atoms with E-state index < -0.39 is 0 Å². The lowest BCUT2D eigenvalue weighted by molar-refractivity contribution is 0.104. The predicted molar refractivity (Wildman–Crippen MR) is 76.1 cm³/mol. The van der Waals surface area contributed by atoms with Crippen LogP contribution >= 0.6 is 0 Å². The van der Waals surface area contributed by atoms with Crippen LogP contribution in [0.15, 0.2) is 48.5 Å². The van der Waals surface area contributed by atoms with E-state index in [0.29, 0.717) is 11.3 Å². The highest BCUT2D eigenvalue weighted by Crippen LogP contribution is 2.30. The number of carbonyl (C=O) groups is 1. The van der Waals surface area contributed by atoms with E-state index in [9.17, 15) is 15.0 Å². The number of carbonyl (C=O) groups excluding carboxylic acids is 1. The van der Waals surface area contributed by atoms with Gasteiger partial charge in [0, 0.05) is 5.56 Å². The number of aromatic hydroxyl groups is 2. The number of benzene rings is 2. The lowest BCUT2D eigenvalue weighted by Gasteiger charge is -2.06. The van der Waals surface area contributed by atoms with Crippen molar-refractivity contribution in [2.75, 3.05) is 7.11 Å². The van der Waals surface area contributed by atoms with Crippen LogP contribution in [0.1, 0.15) is 15.9 Å². The van der Waals surface area contributed by atoms with E-state index in [1.807, 2.05) is 0 Å². The smallest absolute Gasteiger partial charge is 0.189 e. The van der Waals surface area contributed by atoms with Gasteiger partial charge in [0.05, 0.1) is 12.7 Å². The zero-order valence-corrected chi connectivity index (χ0v) is 10.9. The maximum Gasteiger partial charge on any atom is 0.189 e. The molecule has 0 fully saturated rings. The van der Waals surface area contributed by atoms with Gasteiger partial charge in [0.1, 0.15) is 5.75 Å². The molecular weight excluding hydrogens is 256 g/mol. The molecule has 4 nitrogen and oxygen atoms in total. The topological polar surface area (TPSA) is 66.8 Å². The summed E-state index contributed by atoms with van der Waals surface area (Å²) in [5.74, 6) is -0.0861. The molecule has 20 heavy (non-hydrogen) atoms. The summed E-state index contributed by atoms with van der Waals surface area (Å²) in [4.78, 5) is 12.0. The molecule has 0 bridgehead atoms. The molecule has 0 radical (unpaired) electrons. The molecule has 0 aromatic heterocycles. The van der Waals surface area contributed by atoms with Gasteiger partial charge in [0.15, 0.2) is 17.3 Å². The monoisotopic (exact) mass is 270 g/mol. The Morgan fingerprint density at radius 3 is 2.45 bits per heavy atom. The minimum atomic E-state index is -0.325. The number of phenolic OH excluding ortho intramolecular Hbond substituents is 2. The molecule has 2 rings (SSSR count). The normalized spacial score (nSPS) is 10.7. The molecule has 2 N–H and O–H groups in total. The molecule has 0 spiro atoms. The van der Waals surface area contributed by atoms with Crippen LogP contribution in [0.3, 0.4) is 0 Å². The van der Waals surface area contributed by atoms with Gasteiger partial charge in [-0.1, -0.05) is 24.3 Å². The second-order valence-electron chi connectivity index (χ2n) is 4.11. The molecule has 0 aliphatic rings. The van der Waals surface area contributed by atoms with Gasteiger partial charge in [-0.2, -0.15) is 0 Å². The Bertz CT molecular complexity index is 659. The van der Waals surface area contributed by atoms with Crippen molar-refractivity contribution in [3.63, 3.8) is 0 Å². The first-order valence-electron chi connectivity index (χ1n) is 6.00. The molecule has 4 heteroatoms. The Morgan fingerprint density at radius 2 is 1.75 bits per heavy atom. The number of ether oxygens (including phenoxy) is 1. The second-order valence-corrected chi connectivity index (χ2v) is 4.11. The summed E-state index contributed by atoms with van der Waals surface area (Å²) in [6, 6.07) is 11.2. The van der Waals surface area contributed by atoms with Crippen LogP contribution in [-0.4, -0.2) is 23.1 Å². The second kappa shape index (κ2) is 5.93. The molecule has 102 valence electrons. The summed E-state index contributed by atoms with van der Waals surface area (Å²) in [5.41, 5.74) is 0.805. The van der Waals surface area contributed by atoms with E-state index in [1.54, 1.807) is 30.3 Å². The highest BCUT2D eigenvalue weighted by molar-refractivity contribution is 6.08. The summed E-state index contributed by atoms with van der Waals surface area (Å²) in [6.45, 7) is 0. The number of methoxy groups -OCH3 is 1. The van der Waals surface area contributed by atoms with Crippen molar-refractivity contribution in [1.82, 2.24) is 0 Å². The molecule has 2 aromatic carbocycles. The van der Waals surface area contributed by atoms with Crippen molar-refractivity contribution in [2.45, 2.75) is 0 Å². The first-order valence-corrected chi connectivity index (χ1v) is 6.00. The fourth-order valence-corrected chi connectivity index (χ4v) is 1.83. The first kappa shape index (κ1) is 13.7. The molecule has 0 aliphatic heterocycles. The molecule has 0 unspecified atom stereocenters. The van der Waals surface area contributed by atoms with Gasteiger partial charge >= 0.3 is 0 Å². The van der Waals surface area contributed by atoms with Gasteiger partial charge < -0.3 is 14.9 Å². The Kier molecular flexibility index (Phi) is 4.05. The quantitative estimate of drug-likeness (QED) is 0.662. The standard InChI is InChI=1S/C16H14O4/c1-20-16-11(5-4-8-15(16)19)9-10-14(18)12-6-2-3-7-13(12)17/h2-10,17,19H,1H3/b10-9+. The van der Waals surface area contributed by atoms with Crippen molar-refractivity contribution < 1.29 is 19.7 Å². The van der Waals surface area contributed by atoms with Crippen LogP contribution in [-0.2, 0) is 0 Å². The number of allylic oxidation sites excluding steroid dienone is 1. The Hall–Kier alpha value is -2.75. The van der Waals surface area contributed by atoms with Crippen LogP contribution in [0, 0.1) is 0 Å². The first-order chi connectivity index (χ1) is 9.63. The summed E-state index contributed by atoms with van der Waals surface area (Å²) in [6.07, 6.45) is 2.86. The van der Waals surface area contributed by atoms with E-state index in [0.717, 1.165) is 0 Å². The van der Waals surface area contributed by atoms with Crippen molar-refractivity contribution in [1.29, 1.82) is 0 Å². The van der Waals surface area contributed by atoms with Crippen LogP contribution in [0.4, 0.5) is 0 Å². The Morgan fingerprint density at radius 1 is 1.05 bits per heavy atom. The molecule has 0 saturated heterocycles. The van der Waals surface area contributed by atoms with Crippen LogP contribution in [0.25, 0.3) is 6.08 Å². The average Bonchev–Trinajstić information content (AvgIpc) is 2.45. The third-order valence-corrected chi connectivity index (χ3v) is 2.81. The van der Waals surface area contributed by atoms with Gasteiger partial charge in [0.2, 0.25) is 0 Å². The van der Waals surface area contributed by atoms with Crippen LogP contribution < -0.4 is 4.74 Å². The summed E-state index contributed by atoms with van der Waals surface area (Å²) in [7, 11) is 1.44. The molecule has 2 aromatic rings. The van der Waals surface area contributed by atoms with Crippen LogP contribution in [0.5, 0.6) is 17.2 Å². The number of hydrogen-bond acceptors (Lipinski definition) is 4. The number of para-hydroxylation sites is 2. The average molecular weight is 270 g/mol. The maximum atomic E-state index is 12.0. The summed E-state index contributed by atoms with van der Waals surface area (Å²) >= 11 is 0. The van der Waals surface area contributed by atoms with Gasteiger partial charge in [-0.15, -0.1) is 0 Å². The summed E-state index contributed by atoms with van der Waals surface area (Å²) < 4.78 is 5.08. The van der Waals surface area contributed by atoms with Gasteiger partial charge in [-0.25, -0.2) is 0 Å². The minimum absolute atomic E-state index is 0.00431. The molecular formula is C16H14O4. The third-order valence-electron chi connectivity index (χ3n) is 2.81. The third kappa shape index (κ3) is 2.80. The zero-order valence-electron chi connectivity index (χ0n) is 10.9. The Balaban J connectivity index is 2.29. The lowest BCUT2D eigenvalue weighted by atomic mass is 10.1. The van der Waals surface area contributed by atoms with E-state index in [4.69, 9.17) is 4.74 Å². The molecule has 0 atom stereocenters. The maximum absolute atomic E-state index is 12.0. The number of hydrogen-bond donors (Lipinski definition) is 2. The molecule has 0 amide bonds. The van der Waals surface area contributed by atoms with Crippen molar-refractivity contribution in [3.05, 3.63) is 59.7 Å². The SMILES string of the molecule is COc1c(O)cccc1/C=C/C(=O)c1ccccc1O. The summed E-state index contributed by atoms with van der Waals surface area (Å²) in [5, 5.41) is 19.2. The largest absolute Gasteiger partial charge is 0.507 e. The number of phenols is 2. The number of rotatable bonds is 4. The van der Waals surface area contributed by atoms with Gasteiger partial charge in [-0.3, -0.25) is 4.79 Å². The minimum Gasteiger partial charge on any atom is -0.507 e. The fraction of sp³-hybridized carbons (Fsp3) is 0.0625. The predicted octanol–water partition coefficient (Wildman–Crippen LogP) is 3.00. The zero-order chi connectivity index (χ0) is 14.5. The van der Waals surface area contributed by atoms with Crippen LogP contribution in [0.2, 0.25) is 0 Å². The van der Waals surface area contributed by atoms with E-state index >= 15 is 0 Å². The fourth-order valence-electron chi connectivity index (χ4n) is 1.83. The van der Waals surface area contributed by atoms with Crippen molar-refractivity contribution in [3.8, 4) is 17.2 Å².